The Morgan fingerprint density at radius 1 is 1.26 bits per heavy atom. The summed E-state index contributed by atoms with van der Waals surface area (Å²) < 4.78 is 0.641. The van der Waals surface area contributed by atoms with Crippen molar-refractivity contribution >= 4 is 52.1 Å². The van der Waals surface area contributed by atoms with E-state index >= 15 is 0 Å². The van der Waals surface area contributed by atoms with Crippen molar-refractivity contribution in [1.82, 2.24) is 4.90 Å². The van der Waals surface area contributed by atoms with E-state index in [0.717, 1.165) is 24.5 Å². The number of rotatable bonds is 5. The van der Waals surface area contributed by atoms with Gasteiger partial charge in [0.05, 0.1) is 6.54 Å². The van der Waals surface area contributed by atoms with Gasteiger partial charge in [-0.3, -0.25) is 0 Å². The van der Waals surface area contributed by atoms with Crippen LogP contribution in [-0.2, 0) is 13.0 Å². The van der Waals surface area contributed by atoms with Crippen molar-refractivity contribution in [2.45, 2.75) is 13.0 Å². The van der Waals surface area contributed by atoms with Gasteiger partial charge in [0.15, 0.2) is 0 Å². The molecule has 2 rings (SSSR count). The van der Waals surface area contributed by atoms with Crippen molar-refractivity contribution < 1.29 is 0 Å². The lowest BCUT2D eigenvalue weighted by Gasteiger charge is -2.22. The minimum absolute atomic E-state index is 0.641. The molecule has 1 aromatic heterocycles. The third-order valence-electron chi connectivity index (χ3n) is 2.78. The number of thiol groups is 1. The van der Waals surface area contributed by atoms with Crippen molar-refractivity contribution in [3.05, 3.63) is 57.2 Å². The second kappa shape index (κ2) is 7.29. The van der Waals surface area contributed by atoms with Crippen LogP contribution in [0.5, 0.6) is 0 Å². The highest BCUT2D eigenvalue weighted by Gasteiger charge is 2.08. The fourth-order valence-electron chi connectivity index (χ4n) is 1.75. The quantitative estimate of drug-likeness (QED) is 0.628. The van der Waals surface area contributed by atoms with Crippen LogP contribution in [0, 0.1) is 0 Å². The topological polar surface area (TPSA) is 3.24 Å². The van der Waals surface area contributed by atoms with E-state index in [0.29, 0.717) is 4.32 Å². The Bertz CT molecular complexity index is 522. The van der Waals surface area contributed by atoms with Crippen LogP contribution >= 0.6 is 47.8 Å². The second-order valence-corrected chi connectivity index (χ2v) is 6.74. The molecule has 0 aliphatic rings. The van der Waals surface area contributed by atoms with Gasteiger partial charge in [0.1, 0.15) is 4.32 Å². The summed E-state index contributed by atoms with van der Waals surface area (Å²) in [6.45, 7) is 1.69. The Kier molecular flexibility index (Phi) is 5.70. The Labute approximate surface area is 133 Å². The van der Waals surface area contributed by atoms with Crippen LogP contribution in [0.15, 0.2) is 41.8 Å². The Hall–Kier alpha value is -0.550. The Balaban J connectivity index is 1.93. The molecule has 0 unspecified atom stereocenters. The molecule has 0 N–H and O–H groups in total. The summed E-state index contributed by atoms with van der Waals surface area (Å²) in [5.74, 6) is 0. The average molecular weight is 328 g/mol. The molecule has 5 heteroatoms. The minimum atomic E-state index is 0.641. The van der Waals surface area contributed by atoms with Crippen LogP contribution in [0.1, 0.15) is 10.4 Å². The van der Waals surface area contributed by atoms with Crippen molar-refractivity contribution in [2.24, 2.45) is 0 Å². The minimum Gasteiger partial charge on any atom is -0.352 e. The number of benzene rings is 1. The number of thiophene rings is 1. The predicted molar refractivity (Wildman–Crippen MR) is 91.5 cm³/mol. The molecule has 1 heterocycles. The monoisotopic (exact) mass is 327 g/mol. The van der Waals surface area contributed by atoms with Crippen molar-refractivity contribution in [1.29, 1.82) is 0 Å². The van der Waals surface area contributed by atoms with Gasteiger partial charge in [0, 0.05) is 16.4 Å². The van der Waals surface area contributed by atoms with Gasteiger partial charge in [-0.25, -0.2) is 0 Å². The van der Waals surface area contributed by atoms with Gasteiger partial charge in [0.2, 0.25) is 0 Å². The van der Waals surface area contributed by atoms with Gasteiger partial charge < -0.3 is 4.90 Å². The number of thiocarbonyl (C=S) groups is 1. The number of halogens is 1. The van der Waals surface area contributed by atoms with Crippen LogP contribution in [0.25, 0.3) is 0 Å². The normalized spacial score (nSPS) is 10.4. The van der Waals surface area contributed by atoms with E-state index in [9.17, 15) is 0 Å². The maximum atomic E-state index is 5.88. The largest absolute Gasteiger partial charge is 0.352 e. The maximum Gasteiger partial charge on any atom is 0.133 e. The molecule has 0 amide bonds. The van der Waals surface area contributed by atoms with E-state index in [-0.39, 0.29) is 0 Å². The molecule has 0 fully saturated rings. The summed E-state index contributed by atoms with van der Waals surface area (Å²) in [4.78, 5) is 3.41. The summed E-state index contributed by atoms with van der Waals surface area (Å²) in [6.07, 6.45) is 0.934. The Morgan fingerprint density at radius 3 is 2.58 bits per heavy atom. The molecule has 0 saturated carbocycles. The SMILES string of the molecule is S=C(S)N(CCc1ccc(Cl)cc1)Cc1cccs1. The lowest BCUT2D eigenvalue weighted by molar-refractivity contribution is 0.435. The summed E-state index contributed by atoms with van der Waals surface area (Å²) in [5, 5.41) is 2.85. The van der Waals surface area contributed by atoms with Gasteiger partial charge in [-0.15, -0.1) is 24.0 Å². The van der Waals surface area contributed by atoms with Gasteiger partial charge in [-0.05, 0) is 35.6 Å². The molecular formula is C14H14ClNS3. The van der Waals surface area contributed by atoms with E-state index in [1.807, 2.05) is 24.3 Å². The molecule has 0 aliphatic carbocycles. The summed E-state index contributed by atoms with van der Waals surface area (Å²) in [7, 11) is 0. The lowest BCUT2D eigenvalue weighted by atomic mass is 10.1. The van der Waals surface area contributed by atoms with Crippen LogP contribution in [0.2, 0.25) is 5.02 Å². The van der Waals surface area contributed by atoms with Gasteiger partial charge in [0.25, 0.3) is 0 Å². The Morgan fingerprint density at radius 2 is 2.00 bits per heavy atom. The van der Waals surface area contributed by atoms with E-state index in [2.05, 4.69) is 35.0 Å². The van der Waals surface area contributed by atoms with Gasteiger partial charge in [-0.1, -0.05) is 42.0 Å². The number of hydrogen-bond acceptors (Lipinski definition) is 2. The molecule has 0 saturated heterocycles. The third-order valence-corrected chi connectivity index (χ3v) is 4.44. The fraction of sp³-hybridized carbons (Fsp3) is 0.214. The molecule has 1 aromatic carbocycles. The zero-order chi connectivity index (χ0) is 13.7. The molecule has 100 valence electrons. The van der Waals surface area contributed by atoms with Crippen molar-refractivity contribution in [3.8, 4) is 0 Å². The fourth-order valence-corrected chi connectivity index (χ4v) is 2.92. The standard InChI is InChI=1S/C14H14ClNS3/c15-12-5-3-11(4-6-12)7-8-16(14(17)18)10-13-2-1-9-19-13/h1-6,9H,7-8,10H2,(H,17,18). The van der Waals surface area contributed by atoms with E-state index < -0.39 is 0 Å². The second-order valence-electron chi connectivity index (χ2n) is 4.16. The third kappa shape index (κ3) is 4.80. The predicted octanol–water partition coefficient (Wildman–Crippen LogP) is 4.66. The van der Waals surface area contributed by atoms with E-state index in [4.69, 9.17) is 23.8 Å². The summed E-state index contributed by atoms with van der Waals surface area (Å²) in [6, 6.07) is 12.1. The first kappa shape index (κ1) is 14.9. The molecule has 0 aliphatic heterocycles. The number of nitrogens with zero attached hydrogens (tertiary/aromatic N) is 1. The maximum absolute atomic E-state index is 5.88. The molecule has 0 atom stereocenters. The van der Waals surface area contributed by atoms with Crippen molar-refractivity contribution in [3.63, 3.8) is 0 Å². The van der Waals surface area contributed by atoms with Crippen molar-refractivity contribution in [2.75, 3.05) is 6.54 Å². The zero-order valence-electron chi connectivity index (χ0n) is 10.3. The van der Waals surface area contributed by atoms with Gasteiger partial charge >= 0.3 is 0 Å². The first-order valence-corrected chi connectivity index (χ1v) is 8.01. The van der Waals surface area contributed by atoms with Crippen LogP contribution in [-0.4, -0.2) is 15.8 Å². The van der Waals surface area contributed by atoms with Gasteiger partial charge in [-0.2, -0.15) is 0 Å². The van der Waals surface area contributed by atoms with Crippen LogP contribution in [0.3, 0.4) is 0 Å². The first-order chi connectivity index (χ1) is 9.15. The molecule has 1 nitrogen and oxygen atoms in total. The van der Waals surface area contributed by atoms with Crippen LogP contribution in [0.4, 0.5) is 0 Å². The highest BCUT2D eigenvalue weighted by Crippen LogP contribution is 2.15. The zero-order valence-corrected chi connectivity index (χ0v) is 13.5. The summed E-state index contributed by atoms with van der Waals surface area (Å²) in [5.41, 5.74) is 1.25. The molecule has 2 aromatic rings. The van der Waals surface area contributed by atoms with E-state index in [1.54, 1.807) is 11.3 Å². The highest BCUT2D eigenvalue weighted by atomic mass is 35.5. The molecule has 19 heavy (non-hydrogen) atoms. The lowest BCUT2D eigenvalue weighted by Crippen LogP contribution is -2.27. The number of hydrogen-bond donors (Lipinski definition) is 1. The molecule has 0 bridgehead atoms. The smallest absolute Gasteiger partial charge is 0.133 e. The first-order valence-electron chi connectivity index (χ1n) is 5.90. The van der Waals surface area contributed by atoms with E-state index in [1.165, 1.54) is 10.4 Å². The molecule has 0 radical (unpaired) electrons. The average Bonchev–Trinajstić information content (AvgIpc) is 2.89. The summed E-state index contributed by atoms with van der Waals surface area (Å²) >= 11 is 17.1. The van der Waals surface area contributed by atoms with Crippen LogP contribution < -0.4 is 0 Å². The molecular weight excluding hydrogens is 314 g/mol. The highest BCUT2D eigenvalue weighted by molar-refractivity contribution is 8.10. The molecule has 0 spiro atoms.